The summed E-state index contributed by atoms with van der Waals surface area (Å²) < 4.78 is 16.7. The van der Waals surface area contributed by atoms with Crippen molar-refractivity contribution in [3.05, 3.63) is 118 Å². The Labute approximate surface area is 188 Å². The van der Waals surface area contributed by atoms with Crippen molar-refractivity contribution in [3.8, 4) is 5.69 Å². The van der Waals surface area contributed by atoms with Crippen LogP contribution in [-0.4, -0.2) is 15.5 Å². The van der Waals surface area contributed by atoms with Crippen LogP contribution in [-0.2, 0) is 6.54 Å². The van der Waals surface area contributed by atoms with Crippen molar-refractivity contribution in [3.63, 3.8) is 0 Å². The first-order chi connectivity index (χ1) is 15.1. The average Bonchev–Trinajstić information content (AvgIpc) is 3.19. The van der Waals surface area contributed by atoms with Crippen molar-refractivity contribution in [1.82, 2.24) is 9.47 Å². The average molecular weight is 476 g/mol. The van der Waals surface area contributed by atoms with Crippen molar-refractivity contribution in [2.24, 2.45) is 0 Å². The molecule has 1 atom stereocenters. The maximum Gasteiger partial charge on any atom is 0.322 e. The van der Waals surface area contributed by atoms with E-state index in [0.29, 0.717) is 12.2 Å². The highest BCUT2D eigenvalue weighted by molar-refractivity contribution is 9.10. The molecule has 4 nitrogen and oxygen atoms in total. The molecule has 0 radical (unpaired) electrons. The van der Waals surface area contributed by atoms with Gasteiger partial charge in [0, 0.05) is 22.1 Å². The van der Waals surface area contributed by atoms with Crippen molar-refractivity contribution < 1.29 is 9.18 Å². The molecule has 4 aromatic rings. The van der Waals surface area contributed by atoms with E-state index in [4.69, 9.17) is 0 Å². The molecule has 1 N–H and O–H groups in total. The predicted octanol–water partition coefficient (Wildman–Crippen LogP) is 6.52. The van der Waals surface area contributed by atoms with Crippen LogP contribution in [0.5, 0.6) is 0 Å². The van der Waals surface area contributed by atoms with Gasteiger partial charge in [0.25, 0.3) is 0 Å². The first-order valence-electron chi connectivity index (χ1n) is 9.94. The van der Waals surface area contributed by atoms with Crippen LogP contribution in [0, 0.1) is 5.82 Å². The molecular weight excluding hydrogens is 457 g/mol. The molecule has 1 aliphatic rings. The van der Waals surface area contributed by atoms with E-state index in [1.54, 1.807) is 17.0 Å². The zero-order valence-electron chi connectivity index (χ0n) is 16.5. The van der Waals surface area contributed by atoms with E-state index in [0.717, 1.165) is 27.0 Å². The molecule has 1 aromatic heterocycles. The second-order valence-corrected chi connectivity index (χ2v) is 8.37. The van der Waals surface area contributed by atoms with E-state index in [2.05, 4.69) is 31.9 Å². The SMILES string of the molecule is O=C(Nc1cccc(Br)c1)N1Cc2ccccc2-n2cccc2C1c1ccc(F)cc1. The largest absolute Gasteiger partial charge is 0.322 e. The van der Waals surface area contributed by atoms with Crippen molar-refractivity contribution >= 4 is 27.6 Å². The van der Waals surface area contributed by atoms with E-state index in [1.807, 2.05) is 60.8 Å². The molecule has 0 spiro atoms. The summed E-state index contributed by atoms with van der Waals surface area (Å²) in [6, 6.07) is 25.3. The summed E-state index contributed by atoms with van der Waals surface area (Å²) in [5.74, 6) is -0.304. The Bertz CT molecular complexity index is 1250. The molecule has 0 bridgehead atoms. The van der Waals surface area contributed by atoms with Gasteiger partial charge in [-0.3, -0.25) is 0 Å². The molecule has 2 amide bonds. The first kappa shape index (κ1) is 19.6. The van der Waals surface area contributed by atoms with E-state index in [1.165, 1.54) is 12.1 Å². The Morgan fingerprint density at radius 2 is 1.77 bits per heavy atom. The molecule has 2 heterocycles. The highest BCUT2D eigenvalue weighted by Crippen LogP contribution is 2.37. The molecule has 154 valence electrons. The smallest absolute Gasteiger partial charge is 0.318 e. The molecule has 1 unspecified atom stereocenters. The minimum atomic E-state index is -0.379. The maximum absolute atomic E-state index is 13.7. The summed E-state index contributed by atoms with van der Waals surface area (Å²) in [5, 5.41) is 3.02. The first-order valence-corrected chi connectivity index (χ1v) is 10.7. The summed E-state index contributed by atoms with van der Waals surface area (Å²) in [4.78, 5) is 15.3. The zero-order valence-corrected chi connectivity index (χ0v) is 18.1. The third-order valence-electron chi connectivity index (χ3n) is 5.49. The number of amides is 2. The second kappa shape index (κ2) is 8.04. The lowest BCUT2D eigenvalue weighted by atomic mass is 10.0. The summed E-state index contributed by atoms with van der Waals surface area (Å²) in [7, 11) is 0. The van der Waals surface area contributed by atoms with E-state index >= 15 is 0 Å². The number of fused-ring (bicyclic) bond motifs is 3. The zero-order chi connectivity index (χ0) is 21.4. The van der Waals surface area contributed by atoms with Gasteiger partial charge in [-0.2, -0.15) is 0 Å². The Morgan fingerprint density at radius 3 is 2.58 bits per heavy atom. The summed E-state index contributed by atoms with van der Waals surface area (Å²) >= 11 is 3.45. The molecule has 0 fully saturated rings. The number of hydrogen-bond acceptors (Lipinski definition) is 1. The normalized spacial score (nSPS) is 15.0. The Hall–Kier alpha value is -3.38. The highest BCUT2D eigenvalue weighted by Gasteiger charge is 2.33. The Balaban J connectivity index is 1.63. The number of benzene rings is 3. The van der Waals surface area contributed by atoms with Crippen LogP contribution in [0.2, 0.25) is 0 Å². The molecule has 6 heteroatoms. The minimum Gasteiger partial charge on any atom is -0.318 e. The lowest BCUT2D eigenvalue weighted by Gasteiger charge is -2.31. The van der Waals surface area contributed by atoms with Crippen LogP contribution in [0.3, 0.4) is 0 Å². The number of para-hydroxylation sites is 1. The molecule has 0 saturated carbocycles. The van der Waals surface area contributed by atoms with Gasteiger partial charge in [-0.05, 0) is 59.7 Å². The molecule has 0 saturated heterocycles. The van der Waals surface area contributed by atoms with Crippen LogP contribution in [0.4, 0.5) is 14.9 Å². The summed E-state index contributed by atoms with van der Waals surface area (Å²) in [6.07, 6.45) is 2.00. The van der Waals surface area contributed by atoms with Crippen molar-refractivity contribution in [2.45, 2.75) is 12.6 Å². The van der Waals surface area contributed by atoms with Gasteiger partial charge in [-0.1, -0.05) is 52.3 Å². The number of halogens is 2. The molecule has 3 aromatic carbocycles. The maximum atomic E-state index is 13.7. The summed E-state index contributed by atoms with van der Waals surface area (Å²) in [6.45, 7) is 0.416. The molecule has 31 heavy (non-hydrogen) atoms. The van der Waals surface area contributed by atoms with Crippen LogP contribution >= 0.6 is 15.9 Å². The molecule has 0 aliphatic carbocycles. The molecular formula is C25H19BrFN3O. The quantitative estimate of drug-likeness (QED) is 0.352. The van der Waals surface area contributed by atoms with E-state index in [9.17, 15) is 9.18 Å². The van der Waals surface area contributed by atoms with Gasteiger partial charge in [0.2, 0.25) is 0 Å². The fraction of sp³-hybridized carbons (Fsp3) is 0.0800. The van der Waals surface area contributed by atoms with Crippen LogP contribution in [0.25, 0.3) is 5.69 Å². The Kier molecular flexibility index (Phi) is 5.08. The van der Waals surface area contributed by atoms with E-state index < -0.39 is 0 Å². The predicted molar refractivity (Wildman–Crippen MR) is 123 cm³/mol. The number of carbonyl (C=O) groups excluding carboxylic acids is 1. The van der Waals surface area contributed by atoms with Gasteiger partial charge in [0.1, 0.15) is 5.82 Å². The van der Waals surface area contributed by atoms with Gasteiger partial charge in [-0.15, -0.1) is 0 Å². The van der Waals surface area contributed by atoms with Crippen LogP contribution < -0.4 is 5.32 Å². The Morgan fingerprint density at radius 1 is 0.968 bits per heavy atom. The monoisotopic (exact) mass is 475 g/mol. The van der Waals surface area contributed by atoms with Gasteiger partial charge < -0.3 is 14.8 Å². The molecule has 5 rings (SSSR count). The van der Waals surface area contributed by atoms with Gasteiger partial charge >= 0.3 is 6.03 Å². The van der Waals surface area contributed by atoms with Crippen LogP contribution in [0.15, 0.2) is 95.6 Å². The standard InChI is InChI=1S/C25H19BrFN3O/c26-19-6-3-7-21(15-19)28-25(31)30-16-18-5-1-2-8-22(18)29-14-4-9-23(29)24(30)17-10-12-20(27)13-11-17/h1-15,24H,16H2,(H,28,31). The lowest BCUT2D eigenvalue weighted by molar-refractivity contribution is 0.194. The van der Waals surface area contributed by atoms with Gasteiger partial charge in [0.05, 0.1) is 18.3 Å². The van der Waals surface area contributed by atoms with Gasteiger partial charge in [-0.25, -0.2) is 9.18 Å². The topological polar surface area (TPSA) is 37.3 Å². The third-order valence-corrected chi connectivity index (χ3v) is 5.98. The van der Waals surface area contributed by atoms with Gasteiger partial charge in [0.15, 0.2) is 0 Å². The number of rotatable bonds is 2. The fourth-order valence-corrected chi connectivity index (χ4v) is 4.50. The highest BCUT2D eigenvalue weighted by atomic mass is 79.9. The number of nitrogens with zero attached hydrogens (tertiary/aromatic N) is 2. The second-order valence-electron chi connectivity index (χ2n) is 7.45. The van der Waals surface area contributed by atoms with Crippen molar-refractivity contribution in [1.29, 1.82) is 0 Å². The van der Waals surface area contributed by atoms with E-state index in [-0.39, 0.29) is 17.9 Å². The number of nitrogens with one attached hydrogen (secondary N) is 1. The molecule has 1 aliphatic heterocycles. The van der Waals surface area contributed by atoms with Crippen molar-refractivity contribution in [2.75, 3.05) is 5.32 Å². The number of carbonyl (C=O) groups is 1. The lowest BCUT2D eigenvalue weighted by Crippen LogP contribution is -2.37. The summed E-state index contributed by atoms with van der Waals surface area (Å²) in [5.41, 5.74) is 4.56. The third kappa shape index (κ3) is 3.75. The number of hydrogen-bond donors (Lipinski definition) is 1. The minimum absolute atomic E-state index is 0.225. The fourth-order valence-electron chi connectivity index (χ4n) is 4.10. The van der Waals surface area contributed by atoms with Crippen LogP contribution in [0.1, 0.15) is 22.9 Å². The number of aromatic nitrogens is 1. The number of urea groups is 1. The number of anilines is 1.